The van der Waals surface area contributed by atoms with Crippen molar-refractivity contribution in [3.05, 3.63) is 0 Å². The van der Waals surface area contributed by atoms with E-state index in [1.54, 1.807) is 0 Å². The molecule has 7 nitrogen and oxygen atoms in total. The molecule has 13 heavy (non-hydrogen) atoms. The number of nitrogens with one attached hydrogen (secondary N) is 1. The standard InChI is InChI=1S/C5H12NO6P/c1-4(7)5(8)6-2-3-12-13(9,10)11/h4,7H,2-3H2,1H3,(H,6,8)(H2,9,10,11)/t4-/m0/s1. The quantitative estimate of drug-likeness (QED) is 0.329. The van der Waals surface area contributed by atoms with Crippen molar-refractivity contribution in [1.82, 2.24) is 5.32 Å². The average Bonchev–Trinajstić information content (AvgIpc) is 1.95. The van der Waals surface area contributed by atoms with Gasteiger partial charge in [0.05, 0.1) is 6.61 Å². The van der Waals surface area contributed by atoms with E-state index in [-0.39, 0.29) is 13.2 Å². The highest BCUT2D eigenvalue weighted by Crippen LogP contribution is 2.34. The number of aliphatic hydroxyl groups is 1. The summed E-state index contributed by atoms with van der Waals surface area (Å²) >= 11 is 0. The summed E-state index contributed by atoms with van der Waals surface area (Å²) in [6, 6.07) is 0. The van der Waals surface area contributed by atoms with Crippen LogP contribution in [0.5, 0.6) is 0 Å². The summed E-state index contributed by atoms with van der Waals surface area (Å²) in [6.07, 6.45) is -1.14. The first kappa shape index (κ1) is 12.5. The molecule has 0 saturated carbocycles. The van der Waals surface area contributed by atoms with Crippen molar-refractivity contribution in [1.29, 1.82) is 0 Å². The molecule has 1 atom stereocenters. The number of phosphoric ester groups is 1. The van der Waals surface area contributed by atoms with Crippen LogP contribution in [0.1, 0.15) is 6.92 Å². The lowest BCUT2D eigenvalue weighted by Gasteiger charge is -2.07. The van der Waals surface area contributed by atoms with Crippen LogP contribution in [-0.2, 0) is 13.9 Å². The number of amides is 1. The van der Waals surface area contributed by atoms with Gasteiger partial charge in [0.25, 0.3) is 0 Å². The lowest BCUT2D eigenvalue weighted by Crippen LogP contribution is -2.34. The molecule has 0 fully saturated rings. The molecule has 0 unspecified atom stereocenters. The number of hydrogen-bond acceptors (Lipinski definition) is 4. The van der Waals surface area contributed by atoms with Gasteiger partial charge in [-0.2, -0.15) is 0 Å². The first-order valence-corrected chi connectivity index (χ1v) is 5.02. The van der Waals surface area contributed by atoms with Crippen LogP contribution in [0.4, 0.5) is 0 Å². The van der Waals surface area contributed by atoms with Crippen LogP contribution in [0.2, 0.25) is 0 Å². The van der Waals surface area contributed by atoms with Gasteiger partial charge < -0.3 is 20.2 Å². The minimum Gasteiger partial charge on any atom is -0.384 e. The lowest BCUT2D eigenvalue weighted by atomic mass is 10.4. The van der Waals surface area contributed by atoms with Gasteiger partial charge in [-0.1, -0.05) is 0 Å². The number of aliphatic hydroxyl groups excluding tert-OH is 1. The zero-order valence-corrected chi connectivity index (χ0v) is 7.90. The fourth-order valence-electron chi connectivity index (χ4n) is 0.486. The smallest absolute Gasteiger partial charge is 0.384 e. The molecule has 0 aromatic carbocycles. The Morgan fingerprint density at radius 1 is 1.62 bits per heavy atom. The van der Waals surface area contributed by atoms with Gasteiger partial charge in [-0.3, -0.25) is 9.32 Å². The first-order chi connectivity index (χ1) is 5.83. The molecular formula is C5H12NO6P. The van der Waals surface area contributed by atoms with Crippen LogP contribution in [0.3, 0.4) is 0 Å². The molecule has 4 N–H and O–H groups in total. The highest BCUT2D eigenvalue weighted by molar-refractivity contribution is 7.46. The van der Waals surface area contributed by atoms with Crippen molar-refractivity contribution >= 4 is 13.7 Å². The van der Waals surface area contributed by atoms with Crippen LogP contribution < -0.4 is 5.32 Å². The van der Waals surface area contributed by atoms with Gasteiger partial charge in [0, 0.05) is 6.54 Å². The monoisotopic (exact) mass is 213 g/mol. The Morgan fingerprint density at radius 2 is 2.15 bits per heavy atom. The number of hydrogen-bond donors (Lipinski definition) is 4. The third-order valence-electron chi connectivity index (χ3n) is 1.04. The molecule has 0 aliphatic carbocycles. The molecule has 8 heteroatoms. The summed E-state index contributed by atoms with van der Waals surface area (Å²) in [5, 5.41) is 10.9. The second-order valence-corrected chi connectivity index (χ2v) is 3.53. The Labute approximate surface area is 75.0 Å². The highest BCUT2D eigenvalue weighted by Gasteiger charge is 2.13. The minimum atomic E-state index is -4.46. The summed E-state index contributed by atoms with van der Waals surface area (Å²) < 4.78 is 14.1. The van der Waals surface area contributed by atoms with Crippen molar-refractivity contribution in [2.24, 2.45) is 0 Å². The second kappa shape index (κ2) is 5.31. The largest absolute Gasteiger partial charge is 0.469 e. The molecular weight excluding hydrogens is 201 g/mol. The van der Waals surface area contributed by atoms with E-state index in [4.69, 9.17) is 14.9 Å². The molecule has 0 rings (SSSR count). The molecule has 0 heterocycles. The van der Waals surface area contributed by atoms with Crippen molar-refractivity contribution in [2.75, 3.05) is 13.2 Å². The van der Waals surface area contributed by atoms with E-state index in [1.165, 1.54) is 6.92 Å². The number of carbonyl (C=O) groups excluding carboxylic acids is 1. The zero-order chi connectivity index (χ0) is 10.5. The van der Waals surface area contributed by atoms with E-state index in [2.05, 4.69) is 9.84 Å². The predicted octanol–water partition coefficient (Wildman–Crippen LogP) is -1.41. The van der Waals surface area contributed by atoms with Crippen molar-refractivity contribution in [3.63, 3.8) is 0 Å². The van der Waals surface area contributed by atoms with Gasteiger partial charge in [-0.15, -0.1) is 0 Å². The summed E-state index contributed by atoms with van der Waals surface area (Å²) in [5.41, 5.74) is 0. The van der Waals surface area contributed by atoms with Crippen LogP contribution >= 0.6 is 7.82 Å². The predicted molar refractivity (Wildman–Crippen MR) is 42.7 cm³/mol. The fourth-order valence-corrected chi connectivity index (χ4v) is 0.816. The van der Waals surface area contributed by atoms with Gasteiger partial charge >= 0.3 is 7.82 Å². The second-order valence-electron chi connectivity index (χ2n) is 2.29. The Balaban J connectivity index is 3.47. The van der Waals surface area contributed by atoms with E-state index in [1.807, 2.05) is 0 Å². The maximum atomic E-state index is 10.7. The van der Waals surface area contributed by atoms with Crippen molar-refractivity contribution in [2.45, 2.75) is 13.0 Å². The molecule has 1 amide bonds. The van der Waals surface area contributed by atoms with Crippen LogP contribution in [0.25, 0.3) is 0 Å². The van der Waals surface area contributed by atoms with Crippen LogP contribution in [0, 0.1) is 0 Å². The average molecular weight is 213 g/mol. The van der Waals surface area contributed by atoms with Gasteiger partial charge in [-0.05, 0) is 6.92 Å². The molecule has 0 aromatic heterocycles. The van der Waals surface area contributed by atoms with Crippen molar-refractivity contribution in [3.8, 4) is 0 Å². The summed E-state index contributed by atoms with van der Waals surface area (Å²) in [5.74, 6) is -0.616. The number of carbonyl (C=O) groups is 1. The van der Waals surface area contributed by atoms with Crippen LogP contribution in [-0.4, -0.2) is 40.1 Å². The van der Waals surface area contributed by atoms with Crippen LogP contribution in [0.15, 0.2) is 0 Å². The van der Waals surface area contributed by atoms with E-state index in [0.29, 0.717) is 0 Å². The van der Waals surface area contributed by atoms with E-state index in [9.17, 15) is 9.36 Å². The first-order valence-electron chi connectivity index (χ1n) is 3.49. The Kier molecular flexibility index (Phi) is 5.12. The Bertz CT molecular complexity index is 211. The molecule has 0 spiro atoms. The third kappa shape index (κ3) is 7.89. The van der Waals surface area contributed by atoms with Gasteiger partial charge in [0.15, 0.2) is 0 Å². The molecule has 0 aromatic rings. The lowest BCUT2D eigenvalue weighted by molar-refractivity contribution is -0.128. The summed E-state index contributed by atoms with van der Waals surface area (Å²) in [6.45, 7) is 0.913. The highest BCUT2D eigenvalue weighted by atomic mass is 31.2. The Hall–Kier alpha value is -0.460. The normalized spacial score (nSPS) is 13.8. The fraction of sp³-hybridized carbons (Fsp3) is 0.800. The van der Waals surface area contributed by atoms with Gasteiger partial charge in [-0.25, -0.2) is 4.57 Å². The van der Waals surface area contributed by atoms with E-state index >= 15 is 0 Å². The molecule has 0 aliphatic heterocycles. The molecule has 0 saturated heterocycles. The SMILES string of the molecule is C[C@H](O)C(=O)NCCOP(=O)(O)O. The van der Waals surface area contributed by atoms with Gasteiger partial charge in [0.1, 0.15) is 6.10 Å². The number of rotatable bonds is 5. The topological polar surface area (TPSA) is 116 Å². The van der Waals surface area contributed by atoms with Gasteiger partial charge in [0.2, 0.25) is 5.91 Å². The molecule has 0 aliphatic rings. The van der Waals surface area contributed by atoms with Crippen molar-refractivity contribution < 1.29 is 28.8 Å². The maximum Gasteiger partial charge on any atom is 0.469 e. The summed E-state index contributed by atoms with van der Waals surface area (Å²) in [7, 11) is -4.46. The Morgan fingerprint density at radius 3 is 2.54 bits per heavy atom. The minimum absolute atomic E-state index is 0.0607. The van der Waals surface area contributed by atoms with E-state index < -0.39 is 19.8 Å². The maximum absolute atomic E-state index is 10.7. The zero-order valence-electron chi connectivity index (χ0n) is 7.01. The molecule has 0 bridgehead atoms. The molecule has 78 valence electrons. The third-order valence-corrected chi connectivity index (χ3v) is 1.56. The number of phosphoric acid groups is 1. The van der Waals surface area contributed by atoms with E-state index in [0.717, 1.165) is 0 Å². The molecule has 0 radical (unpaired) electrons. The summed E-state index contributed by atoms with van der Waals surface area (Å²) in [4.78, 5) is 27.1.